The summed E-state index contributed by atoms with van der Waals surface area (Å²) in [4.78, 5) is 41.0. The van der Waals surface area contributed by atoms with Gasteiger partial charge in [-0.25, -0.2) is 4.79 Å². The van der Waals surface area contributed by atoms with Crippen LogP contribution in [0, 0.1) is 6.92 Å². The number of nitrogens with one attached hydrogen (secondary N) is 2. The Kier molecular flexibility index (Phi) is 8.05. The quantitative estimate of drug-likeness (QED) is 0.541. The second-order valence-corrected chi connectivity index (χ2v) is 7.86. The van der Waals surface area contributed by atoms with Crippen molar-refractivity contribution in [3.05, 3.63) is 89.4 Å². The molecule has 0 aliphatic carbocycles. The van der Waals surface area contributed by atoms with Gasteiger partial charge in [0.15, 0.2) is 0 Å². The van der Waals surface area contributed by atoms with Crippen LogP contribution in [-0.4, -0.2) is 38.0 Å². The highest BCUT2D eigenvalue weighted by Gasteiger charge is 2.22. The minimum atomic E-state index is -0.508. The topological polar surface area (TPSA) is 81.8 Å². The van der Waals surface area contributed by atoms with Crippen LogP contribution in [0.4, 0.5) is 21.9 Å². The zero-order chi connectivity index (χ0) is 23.8. The third-order valence-corrected chi connectivity index (χ3v) is 5.18. The number of aryl methyl sites for hydroxylation is 1. The molecular formula is C25H25ClN4O3. The standard InChI is InChI=1S/C25H25ClN4O3/c1-18-7-6-8-20(15-18)28-25(33)27-16-23(31)30(22-9-4-3-5-10-22)17-24(32)29(2)21-13-11-19(26)12-14-21/h3-15H,16-17H2,1-2H3,(H2,27,28,33). The van der Waals surface area contributed by atoms with Crippen molar-refractivity contribution in [3.63, 3.8) is 0 Å². The third-order valence-electron chi connectivity index (χ3n) is 4.93. The average Bonchev–Trinajstić information content (AvgIpc) is 2.81. The van der Waals surface area contributed by atoms with Crippen LogP contribution in [0.2, 0.25) is 5.02 Å². The minimum Gasteiger partial charge on any atom is -0.329 e. The number of nitrogens with zero attached hydrogens (tertiary/aromatic N) is 2. The summed E-state index contributed by atoms with van der Waals surface area (Å²) in [6.07, 6.45) is 0. The van der Waals surface area contributed by atoms with Gasteiger partial charge in [-0.15, -0.1) is 0 Å². The molecule has 0 fully saturated rings. The molecule has 0 aliphatic rings. The van der Waals surface area contributed by atoms with E-state index < -0.39 is 11.9 Å². The molecule has 2 N–H and O–H groups in total. The Bertz CT molecular complexity index is 1120. The smallest absolute Gasteiger partial charge is 0.319 e. The predicted octanol–water partition coefficient (Wildman–Crippen LogP) is 4.47. The summed E-state index contributed by atoms with van der Waals surface area (Å²) in [5.41, 5.74) is 2.84. The first-order valence-corrected chi connectivity index (χ1v) is 10.7. The summed E-state index contributed by atoms with van der Waals surface area (Å²) >= 11 is 5.92. The number of para-hydroxylation sites is 1. The highest BCUT2D eigenvalue weighted by molar-refractivity contribution is 6.30. The van der Waals surface area contributed by atoms with Gasteiger partial charge < -0.3 is 20.4 Å². The van der Waals surface area contributed by atoms with Crippen LogP contribution in [0.1, 0.15) is 5.56 Å². The molecule has 0 aromatic heterocycles. The lowest BCUT2D eigenvalue weighted by Crippen LogP contribution is -2.46. The number of anilines is 3. The molecule has 0 bridgehead atoms. The SMILES string of the molecule is Cc1cccc(NC(=O)NCC(=O)N(CC(=O)N(C)c2ccc(Cl)cc2)c2ccccc2)c1. The highest BCUT2D eigenvalue weighted by atomic mass is 35.5. The van der Waals surface area contributed by atoms with Gasteiger partial charge in [0.2, 0.25) is 11.8 Å². The van der Waals surface area contributed by atoms with Crippen LogP contribution in [0.15, 0.2) is 78.9 Å². The van der Waals surface area contributed by atoms with Crippen LogP contribution in [0.3, 0.4) is 0 Å². The van der Waals surface area contributed by atoms with Gasteiger partial charge in [0.25, 0.3) is 0 Å². The summed E-state index contributed by atoms with van der Waals surface area (Å²) in [5.74, 6) is -0.711. The number of likely N-dealkylation sites (N-methyl/N-ethyl adjacent to an activating group) is 1. The van der Waals surface area contributed by atoms with Crippen molar-refractivity contribution in [2.45, 2.75) is 6.92 Å². The molecule has 0 aliphatic heterocycles. The van der Waals surface area contributed by atoms with Crippen molar-refractivity contribution in [2.75, 3.05) is 35.3 Å². The van der Waals surface area contributed by atoms with Crippen LogP contribution >= 0.6 is 11.6 Å². The third kappa shape index (κ3) is 6.82. The van der Waals surface area contributed by atoms with E-state index in [-0.39, 0.29) is 19.0 Å². The summed E-state index contributed by atoms with van der Waals surface area (Å²) < 4.78 is 0. The van der Waals surface area contributed by atoms with E-state index in [2.05, 4.69) is 10.6 Å². The average molecular weight is 465 g/mol. The Morgan fingerprint density at radius 2 is 1.55 bits per heavy atom. The van der Waals surface area contributed by atoms with Crippen LogP contribution in [0.5, 0.6) is 0 Å². The van der Waals surface area contributed by atoms with Crippen molar-refractivity contribution in [1.82, 2.24) is 5.32 Å². The first-order chi connectivity index (χ1) is 15.8. The molecule has 33 heavy (non-hydrogen) atoms. The van der Waals surface area contributed by atoms with E-state index >= 15 is 0 Å². The molecule has 170 valence electrons. The summed E-state index contributed by atoms with van der Waals surface area (Å²) in [7, 11) is 1.63. The number of halogens is 1. The Morgan fingerprint density at radius 1 is 0.848 bits per heavy atom. The largest absolute Gasteiger partial charge is 0.329 e. The number of urea groups is 1. The molecule has 3 rings (SSSR count). The first-order valence-electron chi connectivity index (χ1n) is 10.3. The van der Waals surface area contributed by atoms with Crippen molar-refractivity contribution in [3.8, 4) is 0 Å². The van der Waals surface area contributed by atoms with Gasteiger partial charge in [0.1, 0.15) is 6.54 Å². The minimum absolute atomic E-state index is 0.191. The normalized spacial score (nSPS) is 10.3. The summed E-state index contributed by atoms with van der Waals surface area (Å²) in [5, 5.41) is 5.82. The number of benzene rings is 3. The molecule has 8 heteroatoms. The molecule has 0 unspecified atom stereocenters. The Hall–Kier alpha value is -3.84. The van der Waals surface area contributed by atoms with E-state index in [9.17, 15) is 14.4 Å². The van der Waals surface area contributed by atoms with Gasteiger partial charge in [-0.05, 0) is 61.0 Å². The zero-order valence-electron chi connectivity index (χ0n) is 18.4. The maximum absolute atomic E-state index is 13.0. The van der Waals surface area contributed by atoms with Crippen molar-refractivity contribution in [2.24, 2.45) is 0 Å². The van der Waals surface area contributed by atoms with Gasteiger partial charge in [-0.2, -0.15) is 0 Å². The lowest BCUT2D eigenvalue weighted by Gasteiger charge is -2.26. The lowest BCUT2D eigenvalue weighted by atomic mass is 10.2. The molecule has 3 aromatic rings. The number of rotatable bonds is 7. The predicted molar refractivity (Wildman–Crippen MR) is 132 cm³/mol. The molecule has 0 heterocycles. The fourth-order valence-electron chi connectivity index (χ4n) is 3.13. The van der Waals surface area contributed by atoms with Crippen LogP contribution < -0.4 is 20.4 Å². The van der Waals surface area contributed by atoms with Crippen molar-refractivity contribution in [1.29, 1.82) is 0 Å². The first kappa shape index (κ1) is 23.8. The molecule has 0 saturated carbocycles. The Balaban J connectivity index is 1.67. The van der Waals surface area contributed by atoms with Crippen molar-refractivity contribution < 1.29 is 14.4 Å². The maximum atomic E-state index is 13.0. The molecule has 7 nitrogen and oxygen atoms in total. The van der Waals surface area contributed by atoms with E-state index in [0.29, 0.717) is 22.1 Å². The van der Waals surface area contributed by atoms with Crippen LogP contribution in [0.25, 0.3) is 0 Å². The van der Waals surface area contributed by atoms with E-state index in [4.69, 9.17) is 11.6 Å². The molecular weight excluding hydrogens is 440 g/mol. The zero-order valence-corrected chi connectivity index (χ0v) is 19.2. The highest BCUT2D eigenvalue weighted by Crippen LogP contribution is 2.19. The van der Waals surface area contributed by atoms with Gasteiger partial charge in [-0.1, -0.05) is 41.9 Å². The number of carbonyl (C=O) groups excluding carboxylic acids is 3. The number of carbonyl (C=O) groups is 3. The van der Waals surface area contributed by atoms with Gasteiger partial charge in [0, 0.05) is 29.1 Å². The van der Waals surface area contributed by atoms with Gasteiger partial charge >= 0.3 is 6.03 Å². The van der Waals surface area contributed by atoms with E-state index in [0.717, 1.165) is 5.56 Å². The lowest BCUT2D eigenvalue weighted by molar-refractivity contribution is -0.121. The monoisotopic (exact) mass is 464 g/mol. The maximum Gasteiger partial charge on any atom is 0.319 e. The molecule has 0 radical (unpaired) electrons. The van der Waals surface area contributed by atoms with Gasteiger partial charge in [-0.3, -0.25) is 9.59 Å². The number of hydrogen-bond acceptors (Lipinski definition) is 3. The fourth-order valence-corrected chi connectivity index (χ4v) is 3.26. The summed E-state index contributed by atoms with van der Waals surface area (Å²) in [6, 6.07) is 22.5. The molecule has 4 amide bonds. The van der Waals surface area contributed by atoms with E-state index in [1.54, 1.807) is 61.6 Å². The molecule has 0 spiro atoms. The molecule has 0 saturated heterocycles. The second-order valence-electron chi connectivity index (χ2n) is 7.42. The Labute approximate surface area is 198 Å². The van der Waals surface area contributed by atoms with Gasteiger partial charge in [0.05, 0.1) is 6.54 Å². The Morgan fingerprint density at radius 3 is 2.21 bits per heavy atom. The van der Waals surface area contributed by atoms with E-state index in [1.165, 1.54) is 9.80 Å². The number of amides is 4. The van der Waals surface area contributed by atoms with Crippen molar-refractivity contribution >= 4 is 46.5 Å². The molecule has 0 atom stereocenters. The van der Waals surface area contributed by atoms with E-state index in [1.807, 2.05) is 31.2 Å². The van der Waals surface area contributed by atoms with Crippen LogP contribution in [-0.2, 0) is 9.59 Å². The second kappa shape index (κ2) is 11.2. The number of hydrogen-bond donors (Lipinski definition) is 2. The summed E-state index contributed by atoms with van der Waals surface area (Å²) in [6.45, 7) is 1.45. The fraction of sp³-hybridized carbons (Fsp3) is 0.160. The molecule has 3 aromatic carbocycles.